The van der Waals surface area contributed by atoms with Crippen molar-refractivity contribution < 1.29 is 0 Å². The van der Waals surface area contributed by atoms with E-state index in [2.05, 4.69) is 66.2 Å². The summed E-state index contributed by atoms with van der Waals surface area (Å²) in [5.74, 6) is 2.31. The SMILES string of the molecule is Cc1ccc(Nc2cc(Br)nc(C3CC3)n2)cc1Br. The average Bonchev–Trinajstić information content (AvgIpc) is 3.17. The van der Waals surface area contributed by atoms with Crippen molar-refractivity contribution in [2.45, 2.75) is 25.7 Å². The predicted octanol–water partition coefficient (Wildman–Crippen LogP) is 4.93. The number of hydrogen-bond donors (Lipinski definition) is 1. The van der Waals surface area contributed by atoms with Crippen LogP contribution in [0.4, 0.5) is 11.5 Å². The molecule has 1 saturated carbocycles. The lowest BCUT2D eigenvalue weighted by Gasteiger charge is -2.09. The van der Waals surface area contributed by atoms with E-state index in [1.54, 1.807) is 0 Å². The number of aryl methyl sites for hydroxylation is 1. The van der Waals surface area contributed by atoms with Crippen LogP contribution in [-0.4, -0.2) is 9.97 Å². The maximum Gasteiger partial charge on any atom is 0.135 e. The van der Waals surface area contributed by atoms with Gasteiger partial charge in [0.05, 0.1) is 0 Å². The van der Waals surface area contributed by atoms with Gasteiger partial charge in [0.25, 0.3) is 0 Å². The first kappa shape index (κ1) is 13.1. The Morgan fingerprint density at radius 1 is 1.16 bits per heavy atom. The third kappa shape index (κ3) is 3.15. The van der Waals surface area contributed by atoms with Gasteiger partial charge in [-0.05, 0) is 53.4 Å². The van der Waals surface area contributed by atoms with E-state index in [9.17, 15) is 0 Å². The highest BCUT2D eigenvalue weighted by Crippen LogP contribution is 2.39. The van der Waals surface area contributed by atoms with Crippen LogP contribution in [-0.2, 0) is 0 Å². The molecular formula is C14H13Br2N3. The van der Waals surface area contributed by atoms with Gasteiger partial charge in [-0.15, -0.1) is 0 Å². The zero-order chi connectivity index (χ0) is 13.4. The fourth-order valence-electron chi connectivity index (χ4n) is 1.84. The number of nitrogens with zero attached hydrogens (tertiary/aromatic N) is 2. The summed E-state index contributed by atoms with van der Waals surface area (Å²) in [5, 5.41) is 3.32. The normalized spacial score (nSPS) is 14.5. The Hall–Kier alpha value is -0.940. The Kier molecular flexibility index (Phi) is 3.58. The third-order valence-corrected chi connectivity index (χ3v) is 4.36. The van der Waals surface area contributed by atoms with Gasteiger partial charge in [-0.1, -0.05) is 22.0 Å². The summed E-state index contributed by atoms with van der Waals surface area (Å²) in [7, 11) is 0. The zero-order valence-electron chi connectivity index (χ0n) is 10.5. The number of hydrogen-bond acceptors (Lipinski definition) is 3. The van der Waals surface area contributed by atoms with E-state index in [0.29, 0.717) is 5.92 Å². The number of rotatable bonds is 3. The van der Waals surface area contributed by atoms with Gasteiger partial charge in [0.15, 0.2) is 0 Å². The topological polar surface area (TPSA) is 37.8 Å². The molecule has 0 aliphatic heterocycles. The highest BCUT2D eigenvalue weighted by molar-refractivity contribution is 9.10. The van der Waals surface area contributed by atoms with Crippen LogP contribution in [0.15, 0.2) is 33.3 Å². The minimum Gasteiger partial charge on any atom is -0.340 e. The van der Waals surface area contributed by atoms with Gasteiger partial charge in [0.2, 0.25) is 0 Å². The number of halogens is 2. The standard InChI is InChI=1S/C14H13Br2N3/c1-8-2-5-10(6-11(8)15)17-13-7-12(16)18-14(19-13)9-3-4-9/h2,5-7,9H,3-4H2,1H3,(H,17,18,19). The molecule has 19 heavy (non-hydrogen) atoms. The summed E-state index contributed by atoms with van der Waals surface area (Å²) < 4.78 is 1.92. The van der Waals surface area contributed by atoms with Gasteiger partial charge in [-0.2, -0.15) is 0 Å². The summed E-state index contributed by atoms with van der Waals surface area (Å²) >= 11 is 6.99. The van der Waals surface area contributed by atoms with Crippen molar-refractivity contribution in [2.24, 2.45) is 0 Å². The largest absolute Gasteiger partial charge is 0.340 e. The van der Waals surface area contributed by atoms with Crippen LogP contribution < -0.4 is 5.32 Å². The molecule has 3 rings (SSSR count). The minimum atomic E-state index is 0.544. The van der Waals surface area contributed by atoms with E-state index in [4.69, 9.17) is 0 Å². The van der Waals surface area contributed by atoms with Crippen LogP contribution in [0.3, 0.4) is 0 Å². The summed E-state index contributed by atoms with van der Waals surface area (Å²) in [6, 6.07) is 8.08. The molecule has 1 aromatic heterocycles. The molecule has 1 fully saturated rings. The summed E-state index contributed by atoms with van der Waals surface area (Å²) in [4.78, 5) is 9.00. The van der Waals surface area contributed by atoms with E-state index in [-0.39, 0.29) is 0 Å². The molecule has 1 N–H and O–H groups in total. The molecule has 0 amide bonds. The molecular weight excluding hydrogens is 370 g/mol. The van der Waals surface area contributed by atoms with Gasteiger partial charge in [0, 0.05) is 22.1 Å². The molecule has 1 aliphatic rings. The van der Waals surface area contributed by atoms with Crippen molar-refractivity contribution in [3.63, 3.8) is 0 Å². The summed E-state index contributed by atoms with van der Waals surface area (Å²) in [5.41, 5.74) is 2.23. The minimum absolute atomic E-state index is 0.544. The Labute approximate surface area is 129 Å². The lowest BCUT2D eigenvalue weighted by atomic mass is 10.2. The second-order valence-electron chi connectivity index (χ2n) is 4.80. The highest BCUT2D eigenvalue weighted by Gasteiger charge is 2.27. The van der Waals surface area contributed by atoms with Gasteiger partial charge in [0.1, 0.15) is 16.2 Å². The van der Waals surface area contributed by atoms with E-state index in [0.717, 1.165) is 26.4 Å². The Bertz CT molecular complexity index is 624. The van der Waals surface area contributed by atoms with Crippen molar-refractivity contribution >= 4 is 43.4 Å². The number of aromatic nitrogens is 2. The van der Waals surface area contributed by atoms with Crippen LogP contribution in [0.25, 0.3) is 0 Å². The second-order valence-corrected chi connectivity index (χ2v) is 6.46. The molecule has 2 aromatic rings. The first-order valence-corrected chi connectivity index (χ1v) is 7.78. The van der Waals surface area contributed by atoms with Crippen molar-refractivity contribution in [3.8, 4) is 0 Å². The number of anilines is 2. The zero-order valence-corrected chi connectivity index (χ0v) is 13.6. The molecule has 0 saturated heterocycles. The third-order valence-electron chi connectivity index (χ3n) is 3.10. The quantitative estimate of drug-likeness (QED) is 0.764. The fourth-order valence-corrected chi connectivity index (χ4v) is 2.62. The Balaban J connectivity index is 1.87. The lowest BCUT2D eigenvalue weighted by Crippen LogP contribution is -1.99. The van der Waals surface area contributed by atoms with Gasteiger partial charge in [-0.3, -0.25) is 0 Å². The van der Waals surface area contributed by atoms with Gasteiger partial charge in [-0.25, -0.2) is 9.97 Å². The van der Waals surface area contributed by atoms with Gasteiger partial charge < -0.3 is 5.32 Å². The van der Waals surface area contributed by atoms with Crippen molar-refractivity contribution in [1.82, 2.24) is 9.97 Å². The van der Waals surface area contributed by atoms with Crippen LogP contribution in [0.1, 0.15) is 30.1 Å². The average molecular weight is 383 g/mol. The van der Waals surface area contributed by atoms with Crippen molar-refractivity contribution in [3.05, 3.63) is 44.7 Å². The van der Waals surface area contributed by atoms with E-state index >= 15 is 0 Å². The highest BCUT2D eigenvalue weighted by atomic mass is 79.9. The predicted molar refractivity (Wildman–Crippen MR) is 83.9 cm³/mol. The molecule has 98 valence electrons. The van der Waals surface area contributed by atoms with Crippen LogP contribution in [0.2, 0.25) is 0 Å². The van der Waals surface area contributed by atoms with Crippen molar-refractivity contribution in [2.75, 3.05) is 5.32 Å². The summed E-state index contributed by atoms with van der Waals surface area (Å²) in [6.45, 7) is 2.07. The molecule has 5 heteroatoms. The van der Waals surface area contributed by atoms with Crippen molar-refractivity contribution in [1.29, 1.82) is 0 Å². The molecule has 0 bridgehead atoms. The molecule has 1 heterocycles. The van der Waals surface area contributed by atoms with Crippen LogP contribution in [0, 0.1) is 6.92 Å². The van der Waals surface area contributed by atoms with E-state index in [1.165, 1.54) is 18.4 Å². The lowest BCUT2D eigenvalue weighted by molar-refractivity contribution is 0.919. The second kappa shape index (κ2) is 5.21. The Morgan fingerprint density at radius 2 is 1.95 bits per heavy atom. The number of benzene rings is 1. The van der Waals surface area contributed by atoms with Gasteiger partial charge >= 0.3 is 0 Å². The van der Waals surface area contributed by atoms with Crippen LogP contribution >= 0.6 is 31.9 Å². The smallest absolute Gasteiger partial charge is 0.135 e. The molecule has 0 spiro atoms. The molecule has 1 aromatic carbocycles. The number of nitrogens with one attached hydrogen (secondary N) is 1. The maximum atomic E-state index is 4.58. The maximum absolute atomic E-state index is 4.58. The monoisotopic (exact) mass is 381 g/mol. The molecule has 1 aliphatic carbocycles. The first-order chi connectivity index (χ1) is 9.11. The fraction of sp³-hybridized carbons (Fsp3) is 0.286. The van der Waals surface area contributed by atoms with E-state index < -0.39 is 0 Å². The van der Waals surface area contributed by atoms with Crippen LogP contribution in [0.5, 0.6) is 0 Å². The molecule has 0 unspecified atom stereocenters. The van der Waals surface area contributed by atoms with E-state index in [1.807, 2.05) is 12.1 Å². The summed E-state index contributed by atoms with van der Waals surface area (Å²) in [6.07, 6.45) is 2.40. The molecule has 0 radical (unpaired) electrons. The first-order valence-electron chi connectivity index (χ1n) is 6.19. The molecule has 3 nitrogen and oxygen atoms in total. The molecule has 0 atom stereocenters. The Morgan fingerprint density at radius 3 is 2.63 bits per heavy atom.